The molecule has 0 atom stereocenters. The maximum absolute atomic E-state index is 12.0. The van der Waals surface area contributed by atoms with Gasteiger partial charge in [-0.15, -0.1) is 23.7 Å². The van der Waals surface area contributed by atoms with E-state index >= 15 is 0 Å². The lowest BCUT2D eigenvalue weighted by atomic mass is 10.0. The quantitative estimate of drug-likeness (QED) is 0.768. The molecule has 0 saturated heterocycles. The fourth-order valence-electron chi connectivity index (χ4n) is 2.11. The van der Waals surface area contributed by atoms with E-state index in [0.717, 1.165) is 11.4 Å². The van der Waals surface area contributed by atoms with E-state index in [4.69, 9.17) is 6.42 Å². The van der Waals surface area contributed by atoms with E-state index in [1.54, 1.807) is 0 Å². The Morgan fingerprint density at radius 3 is 3.00 bits per heavy atom. The molecule has 1 aliphatic rings. The number of anilines is 1. The molecule has 0 unspecified atom stereocenters. The zero-order valence-corrected chi connectivity index (χ0v) is 12.7. The summed E-state index contributed by atoms with van der Waals surface area (Å²) >= 11 is 1.40. The number of terminal acetylenes is 1. The number of nitrogens with zero attached hydrogens (tertiary/aromatic N) is 3. The third-order valence-electron chi connectivity index (χ3n) is 3.43. The molecule has 3 rings (SSSR count). The predicted octanol–water partition coefficient (Wildman–Crippen LogP) is 3.43. The van der Waals surface area contributed by atoms with Crippen LogP contribution in [0.4, 0.5) is 5.13 Å². The number of aromatic nitrogens is 2. The highest BCUT2D eigenvalue weighted by Gasteiger charge is 2.39. The lowest BCUT2D eigenvalue weighted by Gasteiger charge is -2.07. The molecule has 22 heavy (non-hydrogen) atoms. The lowest BCUT2D eigenvalue weighted by Crippen LogP contribution is -2.17. The Hall–Kier alpha value is -2.46. The van der Waals surface area contributed by atoms with Gasteiger partial charge in [0.1, 0.15) is 0 Å². The second kappa shape index (κ2) is 6.12. The van der Waals surface area contributed by atoms with Crippen molar-refractivity contribution in [3.05, 3.63) is 23.7 Å². The summed E-state index contributed by atoms with van der Waals surface area (Å²) in [6.07, 6.45) is 9.37. The second-order valence-electron chi connectivity index (χ2n) is 5.06. The average molecular weight is 313 g/mol. The van der Waals surface area contributed by atoms with Crippen LogP contribution in [-0.2, 0) is 4.79 Å². The van der Waals surface area contributed by atoms with Gasteiger partial charge in [0.25, 0.3) is 0 Å². The molecule has 0 radical (unpaired) electrons. The Morgan fingerprint density at radius 2 is 2.32 bits per heavy atom. The minimum atomic E-state index is -0.415. The average Bonchev–Trinajstić information content (AvgIpc) is 2.93. The number of hydrogen-bond acceptors (Lipinski definition) is 5. The Labute approximate surface area is 132 Å². The van der Waals surface area contributed by atoms with Gasteiger partial charge in [0, 0.05) is 37.3 Å². The van der Waals surface area contributed by atoms with Crippen molar-refractivity contribution in [1.29, 1.82) is 0 Å². The van der Waals surface area contributed by atoms with E-state index < -0.39 is 5.66 Å². The van der Waals surface area contributed by atoms with Crippen LogP contribution in [0.3, 0.4) is 0 Å². The van der Waals surface area contributed by atoms with Crippen LogP contribution >= 0.6 is 11.3 Å². The van der Waals surface area contributed by atoms with Gasteiger partial charge in [-0.05, 0) is 12.1 Å². The summed E-state index contributed by atoms with van der Waals surface area (Å²) in [4.78, 5) is 19.4. The molecular formula is C15H15N5OS. The van der Waals surface area contributed by atoms with Gasteiger partial charge in [-0.1, -0.05) is 0 Å². The van der Waals surface area contributed by atoms with Crippen LogP contribution in [0.1, 0.15) is 25.7 Å². The largest absolute Gasteiger partial charge is 0.360 e. The molecule has 112 valence electrons. The molecule has 0 aromatic carbocycles. The minimum absolute atomic E-state index is 0.0789. The van der Waals surface area contributed by atoms with Gasteiger partial charge in [-0.2, -0.15) is 10.2 Å². The summed E-state index contributed by atoms with van der Waals surface area (Å²) in [5.74, 6) is 2.50. The first-order valence-corrected chi connectivity index (χ1v) is 7.85. The third-order valence-corrected chi connectivity index (χ3v) is 4.19. The van der Waals surface area contributed by atoms with Crippen LogP contribution in [0.25, 0.3) is 11.4 Å². The van der Waals surface area contributed by atoms with E-state index in [9.17, 15) is 4.79 Å². The highest BCUT2D eigenvalue weighted by atomic mass is 32.1. The van der Waals surface area contributed by atoms with E-state index in [0.29, 0.717) is 30.8 Å². The van der Waals surface area contributed by atoms with Crippen molar-refractivity contribution in [2.75, 3.05) is 5.32 Å². The molecule has 6 nitrogen and oxygen atoms in total. The van der Waals surface area contributed by atoms with Gasteiger partial charge >= 0.3 is 0 Å². The van der Waals surface area contributed by atoms with Crippen LogP contribution in [0.5, 0.6) is 0 Å². The molecule has 1 amide bonds. The van der Waals surface area contributed by atoms with Crippen molar-refractivity contribution < 1.29 is 4.79 Å². The van der Waals surface area contributed by atoms with Crippen molar-refractivity contribution in [3.8, 4) is 23.7 Å². The zero-order chi connectivity index (χ0) is 15.4. The Kier molecular flexibility index (Phi) is 4.02. The molecule has 0 bridgehead atoms. The SMILES string of the molecule is C#CCCC1(CCC(=O)Nc2nc(-c3ccc[nH]3)cs2)N=N1. The van der Waals surface area contributed by atoms with E-state index in [-0.39, 0.29) is 5.91 Å². The minimum Gasteiger partial charge on any atom is -0.360 e. The van der Waals surface area contributed by atoms with Gasteiger partial charge in [0.2, 0.25) is 5.91 Å². The Morgan fingerprint density at radius 1 is 1.45 bits per heavy atom. The van der Waals surface area contributed by atoms with E-state index in [2.05, 4.69) is 31.4 Å². The lowest BCUT2D eigenvalue weighted by molar-refractivity contribution is -0.116. The molecule has 0 aliphatic carbocycles. The number of carbonyl (C=O) groups is 1. The molecule has 1 aliphatic heterocycles. The summed E-state index contributed by atoms with van der Waals surface area (Å²) in [7, 11) is 0. The second-order valence-corrected chi connectivity index (χ2v) is 5.91. The summed E-state index contributed by atoms with van der Waals surface area (Å²) in [5.41, 5.74) is 1.34. The van der Waals surface area contributed by atoms with Crippen LogP contribution in [0.2, 0.25) is 0 Å². The van der Waals surface area contributed by atoms with Gasteiger partial charge in [-0.25, -0.2) is 4.98 Å². The molecule has 2 N–H and O–H groups in total. The number of amides is 1. The molecule has 7 heteroatoms. The summed E-state index contributed by atoms with van der Waals surface area (Å²) in [6.45, 7) is 0. The highest BCUT2D eigenvalue weighted by Crippen LogP contribution is 2.37. The molecule has 3 heterocycles. The Bertz CT molecular complexity index is 719. The van der Waals surface area contributed by atoms with Gasteiger partial charge in [0.05, 0.1) is 11.4 Å². The zero-order valence-electron chi connectivity index (χ0n) is 11.9. The van der Waals surface area contributed by atoms with Crippen molar-refractivity contribution in [2.24, 2.45) is 10.2 Å². The number of nitrogens with one attached hydrogen (secondary N) is 2. The fraction of sp³-hybridized carbons (Fsp3) is 0.333. The van der Waals surface area contributed by atoms with Crippen LogP contribution in [0, 0.1) is 12.3 Å². The maximum atomic E-state index is 12.0. The summed E-state index contributed by atoms with van der Waals surface area (Å²) in [5, 5.41) is 13.4. The van der Waals surface area contributed by atoms with Gasteiger partial charge in [-0.3, -0.25) is 4.79 Å². The fourth-order valence-corrected chi connectivity index (χ4v) is 2.83. The number of rotatable bonds is 7. The van der Waals surface area contributed by atoms with Crippen molar-refractivity contribution in [3.63, 3.8) is 0 Å². The molecule has 0 spiro atoms. The number of H-pyrrole nitrogens is 1. The van der Waals surface area contributed by atoms with Crippen LogP contribution in [-0.4, -0.2) is 21.5 Å². The monoisotopic (exact) mass is 313 g/mol. The first kappa shape index (κ1) is 14.5. The predicted molar refractivity (Wildman–Crippen MR) is 85.4 cm³/mol. The van der Waals surface area contributed by atoms with Gasteiger partial charge in [0.15, 0.2) is 10.8 Å². The topological polar surface area (TPSA) is 82.5 Å². The molecular weight excluding hydrogens is 298 g/mol. The first-order chi connectivity index (χ1) is 10.7. The van der Waals surface area contributed by atoms with Crippen molar-refractivity contribution in [2.45, 2.75) is 31.3 Å². The molecule has 2 aromatic rings. The normalized spacial score (nSPS) is 14.5. The van der Waals surface area contributed by atoms with Crippen LogP contribution in [0.15, 0.2) is 33.9 Å². The number of carbonyl (C=O) groups excluding carboxylic acids is 1. The van der Waals surface area contributed by atoms with Crippen LogP contribution < -0.4 is 5.32 Å². The van der Waals surface area contributed by atoms with E-state index in [1.165, 1.54) is 11.3 Å². The third kappa shape index (κ3) is 3.40. The molecule has 2 aromatic heterocycles. The van der Waals surface area contributed by atoms with Gasteiger partial charge < -0.3 is 10.3 Å². The first-order valence-electron chi connectivity index (χ1n) is 6.97. The molecule has 0 saturated carbocycles. The molecule has 0 fully saturated rings. The highest BCUT2D eigenvalue weighted by molar-refractivity contribution is 7.14. The number of hydrogen-bond donors (Lipinski definition) is 2. The van der Waals surface area contributed by atoms with Crippen molar-refractivity contribution >= 4 is 22.4 Å². The number of aromatic amines is 1. The smallest absolute Gasteiger partial charge is 0.226 e. The summed E-state index contributed by atoms with van der Waals surface area (Å²) < 4.78 is 0. The van der Waals surface area contributed by atoms with E-state index in [1.807, 2.05) is 23.7 Å². The standard InChI is InChI=1S/C15H15N5OS/c1-2-3-7-15(19-20-15)8-6-13(21)18-14-17-12(10-22-14)11-5-4-9-16-11/h1,4-5,9-10,16H,3,6-8H2,(H,17,18,21). The van der Waals surface area contributed by atoms with Crippen molar-refractivity contribution in [1.82, 2.24) is 9.97 Å². The summed E-state index contributed by atoms with van der Waals surface area (Å²) in [6, 6.07) is 3.84. The number of thiazole rings is 1. The Balaban J connectivity index is 1.49. The maximum Gasteiger partial charge on any atom is 0.226 e.